The third-order valence-corrected chi connectivity index (χ3v) is 4.70. The molecule has 2 nitrogen and oxygen atoms in total. The second-order valence-corrected chi connectivity index (χ2v) is 6.73. The number of likely N-dealkylation sites (tertiary alicyclic amines) is 1. The lowest BCUT2D eigenvalue weighted by Gasteiger charge is -2.26. The second kappa shape index (κ2) is 13.2. The lowest BCUT2D eigenvalue weighted by atomic mass is 10.0. The van der Waals surface area contributed by atoms with Gasteiger partial charge < -0.3 is 4.90 Å². The van der Waals surface area contributed by atoms with E-state index in [0.717, 1.165) is 25.9 Å². The van der Waals surface area contributed by atoms with Crippen LogP contribution in [0.25, 0.3) is 0 Å². The third kappa shape index (κ3) is 9.92. The topological polar surface area (TPSA) is 20.3 Å². The summed E-state index contributed by atoms with van der Waals surface area (Å²) in [5.41, 5.74) is 0. The standard InChI is InChI=1S/C19H37NO/c1-2-3-4-5-6-7-8-9-10-11-12-14-17-20-18-15-13-16-19(20)21/h2-18H2,1H3. The summed E-state index contributed by atoms with van der Waals surface area (Å²) >= 11 is 0. The van der Waals surface area contributed by atoms with E-state index < -0.39 is 0 Å². The van der Waals surface area contributed by atoms with Crippen LogP contribution in [-0.4, -0.2) is 23.9 Å². The highest BCUT2D eigenvalue weighted by Crippen LogP contribution is 2.14. The normalized spacial score (nSPS) is 15.7. The van der Waals surface area contributed by atoms with Gasteiger partial charge in [-0.05, 0) is 19.3 Å². The Morgan fingerprint density at radius 2 is 1.29 bits per heavy atom. The molecule has 1 fully saturated rings. The molecule has 1 aliphatic heterocycles. The van der Waals surface area contributed by atoms with Crippen LogP contribution in [0.5, 0.6) is 0 Å². The van der Waals surface area contributed by atoms with E-state index in [1.807, 2.05) is 0 Å². The van der Waals surface area contributed by atoms with Gasteiger partial charge >= 0.3 is 0 Å². The van der Waals surface area contributed by atoms with Gasteiger partial charge in [0.25, 0.3) is 0 Å². The maximum absolute atomic E-state index is 11.7. The Kier molecular flexibility index (Phi) is 11.6. The maximum Gasteiger partial charge on any atom is 0.222 e. The van der Waals surface area contributed by atoms with E-state index in [2.05, 4.69) is 11.8 Å². The Hall–Kier alpha value is -0.530. The molecule has 0 aromatic carbocycles. The van der Waals surface area contributed by atoms with Gasteiger partial charge in [-0.3, -0.25) is 4.79 Å². The Bertz CT molecular complexity index is 252. The van der Waals surface area contributed by atoms with Crippen molar-refractivity contribution in [1.29, 1.82) is 0 Å². The Balaban J connectivity index is 1.77. The summed E-state index contributed by atoms with van der Waals surface area (Å²) in [5.74, 6) is 0.393. The Morgan fingerprint density at radius 3 is 1.81 bits per heavy atom. The third-order valence-electron chi connectivity index (χ3n) is 4.70. The number of carbonyl (C=O) groups excluding carboxylic acids is 1. The predicted octanol–water partition coefficient (Wildman–Crippen LogP) is 5.70. The number of amides is 1. The monoisotopic (exact) mass is 295 g/mol. The van der Waals surface area contributed by atoms with Crippen molar-refractivity contribution < 1.29 is 4.79 Å². The fourth-order valence-corrected chi connectivity index (χ4v) is 3.24. The molecule has 124 valence electrons. The van der Waals surface area contributed by atoms with Gasteiger partial charge in [-0.25, -0.2) is 0 Å². The minimum Gasteiger partial charge on any atom is -0.343 e. The van der Waals surface area contributed by atoms with E-state index in [4.69, 9.17) is 0 Å². The fraction of sp³-hybridized carbons (Fsp3) is 0.947. The van der Waals surface area contributed by atoms with Crippen LogP contribution in [0.4, 0.5) is 0 Å². The van der Waals surface area contributed by atoms with Crippen LogP contribution in [0.2, 0.25) is 0 Å². The summed E-state index contributed by atoms with van der Waals surface area (Å²) in [6.07, 6.45) is 19.7. The smallest absolute Gasteiger partial charge is 0.222 e. The molecule has 0 aromatic rings. The number of hydrogen-bond acceptors (Lipinski definition) is 1. The Morgan fingerprint density at radius 1 is 0.762 bits per heavy atom. The first-order valence-electron chi connectivity index (χ1n) is 9.62. The zero-order valence-electron chi connectivity index (χ0n) is 14.4. The highest BCUT2D eigenvalue weighted by atomic mass is 16.2. The average Bonchev–Trinajstić information content (AvgIpc) is 2.50. The molecule has 0 atom stereocenters. The van der Waals surface area contributed by atoms with Crippen molar-refractivity contribution in [2.75, 3.05) is 13.1 Å². The first kappa shape index (κ1) is 18.5. The molecular weight excluding hydrogens is 258 g/mol. The molecule has 0 aliphatic carbocycles. The molecule has 1 saturated heterocycles. The molecule has 0 unspecified atom stereocenters. The van der Waals surface area contributed by atoms with Crippen molar-refractivity contribution in [2.45, 2.75) is 103 Å². The summed E-state index contributed by atoms with van der Waals surface area (Å²) < 4.78 is 0. The van der Waals surface area contributed by atoms with Crippen LogP contribution in [0.15, 0.2) is 0 Å². The van der Waals surface area contributed by atoms with Gasteiger partial charge in [-0.15, -0.1) is 0 Å². The number of nitrogens with zero attached hydrogens (tertiary/aromatic N) is 1. The first-order chi connectivity index (χ1) is 10.3. The molecule has 1 aliphatic rings. The van der Waals surface area contributed by atoms with Crippen molar-refractivity contribution in [3.8, 4) is 0 Å². The van der Waals surface area contributed by atoms with Gasteiger partial charge in [0.2, 0.25) is 5.91 Å². The van der Waals surface area contributed by atoms with Gasteiger partial charge in [0.05, 0.1) is 0 Å². The van der Waals surface area contributed by atoms with Crippen LogP contribution in [0.1, 0.15) is 103 Å². The summed E-state index contributed by atoms with van der Waals surface area (Å²) in [4.78, 5) is 13.7. The van der Waals surface area contributed by atoms with Crippen molar-refractivity contribution in [3.05, 3.63) is 0 Å². The largest absolute Gasteiger partial charge is 0.343 e. The quantitative estimate of drug-likeness (QED) is 0.399. The highest BCUT2D eigenvalue weighted by molar-refractivity contribution is 5.76. The number of hydrogen-bond donors (Lipinski definition) is 0. The van der Waals surface area contributed by atoms with Crippen molar-refractivity contribution in [3.63, 3.8) is 0 Å². The van der Waals surface area contributed by atoms with Gasteiger partial charge in [0.1, 0.15) is 0 Å². The molecule has 0 saturated carbocycles. The van der Waals surface area contributed by atoms with Gasteiger partial charge in [-0.2, -0.15) is 0 Å². The molecule has 1 rings (SSSR count). The zero-order chi connectivity index (χ0) is 15.2. The van der Waals surface area contributed by atoms with Gasteiger partial charge in [0, 0.05) is 19.5 Å². The number of carbonyl (C=O) groups is 1. The molecule has 0 spiro atoms. The second-order valence-electron chi connectivity index (χ2n) is 6.73. The zero-order valence-corrected chi connectivity index (χ0v) is 14.4. The van der Waals surface area contributed by atoms with E-state index in [-0.39, 0.29) is 0 Å². The number of rotatable bonds is 13. The average molecular weight is 296 g/mol. The van der Waals surface area contributed by atoms with E-state index in [1.165, 1.54) is 83.5 Å². The van der Waals surface area contributed by atoms with Crippen LogP contribution in [0, 0.1) is 0 Å². The molecule has 2 heteroatoms. The first-order valence-corrected chi connectivity index (χ1v) is 9.62. The molecule has 21 heavy (non-hydrogen) atoms. The predicted molar refractivity (Wildman–Crippen MR) is 91.5 cm³/mol. The van der Waals surface area contributed by atoms with Crippen LogP contribution in [0.3, 0.4) is 0 Å². The van der Waals surface area contributed by atoms with Crippen LogP contribution < -0.4 is 0 Å². The molecule has 0 bridgehead atoms. The molecule has 0 aromatic heterocycles. The maximum atomic E-state index is 11.7. The van der Waals surface area contributed by atoms with Gasteiger partial charge in [-0.1, -0.05) is 77.6 Å². The lowest BCUT2D eigenvalue weighted by Crippen LogP contribution is -2.35. The molecule has 0 N–H and O–H groups in total. The minimum atomic E-state index is 0.393. The number of unbranched alkanes of at least 4 members (excludes halogenated alkanes) is 11. The summed E-state index contributed by atoms with van der Waals surface area (Å²) in [5, 5.41) is 0. The fourth-order valence-electron chi connectivity index (χ4n) is 3.24. The molecule has 1 heterocycles. The van der Waals surface area contributed by atoms with E-state index in [9.17, 15) is 4.79 Å². The molecular formula is C19H37NO. The molecule has 1 amide bonds. The van der Waals surface area contributed by atoms with Crippen LogP contribution in [-0.2, 0) is 4.79 Å². The van der Waals surface area contributed by atoms with E-state index in [0.29, 0.717) is 5.91 Å². The minimum absolute atomic E-state index is 0.393. The lowest BCUT2D eigenvalue weighted by molar-refractivity contribution is -0.133. The van der Waals surface area contributed by atoms with Crippen molar-refractivity contribution in [1.82, 2.24) is 4.90 Å². The van der Waals surface area contributed by atoms with E-state index in [1.54, 1.807) is 0 Å². The van der Waals surface area contributed by atoms with Crippen molar-refractivity contribution in [2.24, 2.45) is 0 Å². The summed E-state index contributed by atoms with van der Waals surface area (Å²) in [7, 11) is 0. The Labute approximate surface area is 132 Å². The van der Waals surface area contributed by atoms with E-state index >= 15 is 0 Å². The molecule has 0 radical (unpaired) electrons. The summed E-state index contributed by atoms with van der Waals surface area (Å²) in [6, 6.07) is 0. The summed E-state index contributed by atoms with van der Waals surface area (Å²) in [6.45, 7) is 4.30. The number of piperidine rings is 1. The van der Waals surface area contributed by atoms with Crippen molar-refractivity contribution >= 4 is 5.91 Å². The van der Waals surface area contributed by atoms with Gasteiger partial charge in [0.15, 0.2) is 0 Å². The SMILES string of the molecule is CCCCCCCCCCCCCCN1CCCCC1=O. The highest BCUT2D eigenvalue weighted by Gasteiger charge is 2.16. The van der Waals surface area contributed by atoms with Crippen LogP contribution >= 0.6 is 0 Å².